The normalized spacial score (nSPS) is 18.3. The molecule has 4 nitrogen and oxygen atoms in total. The Morgan fingerprint density at radius 1 is 0.966 bits per heavy atom. The second-order valence-electron chi connectivity index (χ2n) is 8.09. The summed E-state index contributed by atoms with van der Waals surface area (Å²) in [6.07, 6.45) is 7.60. The van der Waals surface area contributed by atoms with E-state index >= 15 is 0 Å². The van der Waals surface area contributed by atoms with Gasteiger partial charge in [-0.15, -0.1) is 21.5 Å². The van der Waals surface area contributed by atoms with E-state index in [1.807, 2.05) is 0 Å². The van der Waals surface area contributed by atoms with E-state index in [0.717, 1.165) is 60.7 Å². The van der Waals surface area contributed by atoms with Gasteiger partial charge in [-0.25, -0.2) is 8.78 Å². The van der Waals surface area contributed by atoms with Crippen molar-refractivity contribution in [3.05, 3.63) is 63.0 Å². The van der Waals surface area contributed by atoms with E-state index in [1.165, 1.54) is 35.1 Å². The van der Waals surface area contributed by atoms with Crippen LogP contribution in [0.1, 0.15) is 71.2 Å². The lowest BCUT2D eigenvalue weighted by Gasteiger charge is -2.12. The Morgan fingerprint density at radius 2 is 1.76 bits per heavy atom. The number of rotatable bonds is 2. The van der Waals surface area contributed by atoms with Crippen molar-refractivity contribution in [1.29, 1.82) is 0 Å². The molecule has 6 rings (SSSR count). The largest absolute Gasteiger partial charge is 0.276 e. The highest BCUT2D eigenvalue weighted by Crippen LogP contribution is 2.45. The predicted octanol–water partition coefficient (Wildman–Crippen LogP) is 5.10. The van der Waals surface area contributed by atoms with Crippen LogP contribution < -0.4 is 0 Å². The second-order valence-corrected chi connectivity index (χ2v) is 9.17. The van der Waals surface area contributed by atoms with Gasteiger partial charge in [0.05, 0.1) is 11.3 Å². The van der Waals surface area contributed by atoms with Gasteiger partial charge in [0.25, 0.3) is 0 Å². The van der Waals surface area contributed by atoms with Crippen molar-refractivity contribution in [3.8, 4) is 5.00 Å². The molecule has 7 heteroatoms. The molecule has 1 fully saturated rings. The Balaban J connectivity index is 1.65. The molecule has 0 N–H and O–H groups in total. The van der Waals surface area contributed by atoms with Crippen LogP contribution in [-0.4, -0.2) is 20.5 Å². The third-order valence-electron chi connectivity index (χ3n) is 6.12. The fourth-order valence-corrected chi connectivity index (χ4v) is 5.97. The number of hydrogen-bond acceptors (Lipinski definition) is 4. The van der Waals surface area contributed by atoms with Crippen LogP contribution in [0.2, 0.25) is 0 Å². The van der Waals surface area contributed by atoms with Crippen LogP contribution >= 0.6 is 11.3 Å². The first-order valence-electron chi connectivity index (χ1n) is 10.3. The molecule has 2 aromatic heterocycles. The zero-order valence-electron chi connectivity index (χ0n) is 15.9. The first-order chi connectivity index (χ1) is 14.2. The molecule has 1 aromatic carbocycles. The molecule has 29 heavy (non-hydrogen) atoms. The summed E-state index contributed by atoms with van der Waals surface area (Å²) in [5.41, 5.74) is 2.52. The molecule has 2 aliphatic carbocycles. The molecule has 3 aromatic rings. The van der Waals surface area contributed by atoms with Gasteiger partial charge in [0.1, 0.15) is 29.0 Å². The minimum Gasteiger partial charge on any atom is -0.276 e. The van der Waals surface area contributed by atoms with Crippen molar-refractivity contribution in [3.63, 3.8) is 0 Å². The number of thiophene rings is 1. The van der Waals surface area contributed by atoms with Gasteiger partial charge >= 0.3 is 0 Å². The maximum atomic E-state index is 14.8. The summed E-state index contributed by atoms with van der Waals surface area (Å²) in [6.45, 7) is 0.277. The highest BCUT2D eigenvalue weighted by atomic mass is 32.1. The van der Waals surface area contributed by atoms with E-state index in [4.69, 9.17) is 4.99 Å². The van der Waals surface area contributed by atoms with Crippen molar-refractivity contribution in [1.82, 2.24) is 14.8 Å². The minimum absolute atomic E-state index is 0.0229. The van der Waals surface area contributed by atoms with Gasteiger partial charge in [0, 0.05) is 16.4 Å². The second kappa shape index (κ2) is 6.55. The lowest BCUT2D eigenvalue weighted by Crippen LogP contribution is -2.12. The van der Waals surface area contributed by atoms with Crippen LogP contribution in [0.15, 0.2) is 23.2 Å². The summed E-state index contributed by atoms with van der Waals surface area (Å²) >= 11 is 1.74. The third-order valence-corrected chi connectivity index (χ3v) is 7.40. The van der Waals surface area contributed by atoms with E-state index in [2.05, 4.69) is 14.8 Å². The van der Waals surface area contributed by atoms with E-state index < -0.39 is 11.6 Å². The van der Waals surface area contributed by atoms with Gasteiger partial charge in [-0.3, -0.25) is 9.56 Å². The van der Waals surface area contributed by atoms with E-state index in [0.29, 0.717) is 11.6 Å². The molecule has 0 radical (unpaired) electrons. The highest BCUT2D eigenvalue weighted by Gasteiger charge is 2.36. The number of halogens is 2. The topological polar surface area (TPSA) is 43.1 Å². The van der Waals surface area contributed by atoms with Crippen LogP contribution in [-0.2, 0) is 19.4 Å². The first-order valence-corrected chi connectivity index (χ1v) is 11.1. The molecule has 0 amide bonds. The molecule has 148 valence electrons. The average Bonchev–Trinajstić information content (AvgIpc) is 3.46. The lowest BCUT2D eigenvalue weighted by atomic mass is 9.96. The molecular weight excluding hydrogens is 390 g/mol. The molecule has 0 unspecified atom stereocenters. The Kier molecular flexibility index (Phi) is 3.94. The number of benzene rings is 1. The van der Waals surface area contributed by atoms with Crippen LogP contribution in [0.25, 0.3) is 5.00 Å². The molecule has 3 heterocycles. The van der Waals surface area contributed by atoms with Gasteiger partial charge in [0.2, 0.25) is 0 Å². The highest BCUT2D eigenvalue weighted by molar-refractivity contribution is 7.15. The molecule has 0 spiro atoms. The van der Waals surface area contributed by atoms with Crippen molar-refractivity contribution in [2.75, 3.05) is 0 Å². The van der Waals surface area contributed by atoms with Gasteiger partial charge in [0.15, 0.2) is 5.82 Å². The quantitative estimate of drug-likeness (QED) is 0.552. The van der Waals surface area contributed by atoms with E-state index in [9.17, 15) is 8.78 Å². The van der Waals surface area contributed by atoms with Crippen LogP contribution in [0.5, 0.6) is 0 Å². The third kappa shape index (κ3) is 2.70. The number of hydrogen-bond donors (Lipinski definition) is 0. The van der Waals surface area contributed by atoms with Gasteiger partial charge in [-0.1, -0.05) is 12.5 Å². The number of aliphatic imine (C=N–C) groups is 1. The summed E-state index contributed by atoms with van der Waals surface area (Å²) in [5, 5.41) is 9.86. The van der Waals surface area contributed by atoms with Crippen LogP contribution in [0.3, 0.4) is 0 Å². The molecule has 1 aliphatic heterocycles. The number of aryl methyl sites for hydroxylation is 1. The molecule has 0 bridgehead atoms. The fraction of sp³-hybridized carbons (Fsp3) is 0.409. The van der Waals surface area contributed by atoms with Crippen molar-refractivity contribution in [2.45, 2.75) is 57.4 Å². The van der Waals surface area contributed by atoms with Crippen molar-refractivity contribution >= 4 is 17.0 Å². The maximum Gasteiger partial charge on any atom is 0.160 e. The molecule has 0 atom stereocenters. The number of nitrogens with zero attached hydrogens (tertiary/aromatic N) is 4. The standard InChI is InChI=1S/C22H20F2N4S/c23-14-6-4-7-15(24)19(14)20-18-13-5-2-1-3-8-16(13)29-22(18)28-17(11-25-20)26-27-21(28)12-9-10-12/h4,6-7,12H,1-3,5,8-11H2. The number of aromatic nitrogens is 3. The molecule has 0 saturated heterocycles. The summed E-state index contributed by atoms with van der Waals surface area (Å²) in [5.74, 6) is 1.03. The molecule has 3 aliphatic rings. The molecule has 1 saturated carbocycles. The van der Waals surface area contributed by atoms with Crippen molar-refractivity contribution in [2.24, 2.45) is 4.99 Å². The summed E-state index contributed by atoms with van der Waals surface area (Å²) in [7, 11) is 0. The van der Waals surface area contributed by atoms with E-state index in [-0.39, 0.29) is 12.1 Å². The average molecular weight is 410 g/mol. The van der Waals surface area contributed by atoms with Gasteiger partial charge < -0.3 is 0 Å². The fourth-order valence-electron chi connectivity index (χ4n) is 4.55. The number of fused-ring (bicyclic) bond motifs is 5. The Hall–Kier alpha value is -2.41. The lowest BCUT2D eigenvalue weighted by molar-refractivity contribution is 0.579. The summed E-state index contributed by atoms with van der Waals surface area (Å²) < 4.78 is 31.7. The zero-order chi connectivity index (χ0) is 19.5. The minimum atomic E-state index is -0.566. The van der Waals surface area contributed by atoms with Gasteiger partial charge in [-0.05, 0) is 56.2 Å². The Bertz CT molecular complexity index is 1140. The smallest absolute Gasteiger partial charge is 0.160 e. The van der Waals surface area contributed by atoms with Crippen LogP contribution in [0, 0.1) is 11.6 Å². The van der Waals surface area contributed by atoms with Crippen LogP contribution in [0.4, 0.5) is 8.78 Å². The summed E-state index contributed by atoms with van der Waals surface area (Å²) in [4.78, 5) is 6.04. The maximum absolute atomic E-state index is 14.8. The van der Waals surface area contributed by atoms with Gasteiger partial charge in [-0.2, -0.15) is 0 Å². The predicted molar refractivity (Wildman–Crippen MR) is 108 cm³/mol. The zero-order valence-corrected chi connectivity index (χ0v) is 16.7. The Labute approximate surface area is 171 Å². The Morgan fingerprint density at radius 3 is 2.55 bits per heavy atom. The first kappa shape index (κ1) is 17.4. The summed E-state index contributed by atoms with van der Waals surface area (Å²) in [6, 6.07) is 4.03. The molecular formula is C22H20F2N4S. The van der Waals surface area contributed by atoms with E-state index in [1.54, 1.807) is 11.3 Å². The SMILES string of the molecule is Fc1cccc(F)c1C1=NCc2nnc(C3CC3)n2-c2sc3c(c21)CCCCC3. The van der Waals surface area contributed by atoms with Crippen molar-refractivity contribution < 1.29 is 8.78 Å². The monoisotopic (exact) mass is 410 g/mol.